The van der Waals surface area contributed by atoms with Gasteiger partial charge < -0.3 is 9.88 Å². The van der Waals surface area contributed by atoms with Crippen LogP contribution in [0.5, 0.6) is 0 Å². The molecule has 4 rings (SSSR count). The van der Waals surface area contributed by atoms with Gasteiger partial charge in [0.2, 0.25) is 5.91 Å². The highest BCUT2D eigenvalue weighted by atomic mass is 35.5. The van der Waals surface area contributed by atoms with Gasteiger partial charge in [-0.3, -0.25) is 4.79 Å². The van der Waals surface area contributed by atoms with E-state index in [-0.39, 0.29) is 22.9 Å². The van der Waals surface area contributed by atoms with Crippen molar-refractivity contribution in [3.05, 3.63) is 94.9 Å². The first-order valence-electron chi connectivity index (χ1n) is 9.85. The van der Waals surface area contributed by atoms with Crippen molar-refractivity contribution in [3.63, 3.8) is 0 Å². The molecular weight excluding hydrogens is 451 g/mol. The molecule has 32 heavy (non-hydrogen) atoms. The quantitative estimate of drug-likeness (QED) is 0.412. The van der Waals surface area contributed by atoms with Crippen LogP contribution in [0.1, 0.15) is 11.1 Å². The summed E-state index contributed by atoms with van der Waals surface area (Å²) >= 11 is 6.12. The number of carbonyl (C=O) groups excluding carboxylic acids is 1. The summed E-state index contributed by atoms with van der Waals surface area (Å²) in [7, 11) is -3.86. The largest absolute Gasteiger partial charge is 0.337 e. The van der Waals surface area contributed by atoms with Gasteiger partial charge in [-0.15, -0.1) is 0 Å². The van der Waals surface area contributed by atoms with E-state index >= 15 is 0 Å². The second kappa shape index (κ2) is 8.76. The van der Waals surface area contributed by atoms with Crippen LogP contribution in [0, 0.1) is 12.7 Å². The van der Waals surface area contributed by atoms with E-state index < -0.39 is 21.4 Å². The number of anilines is 1. The second-order valence-electron chi connectivity index (χ2n) is 7.45. The lowest BCUT2D eigenvalue weighted by Crippen LogP contribution is -2.19. The molecule has 1 aromatic heterocycles. The molecule has 0 fully saturated rings. The molecule has 8 heteroatoms. The summed E-state index contributed by atoms with van der Waals surface area (Å²) in [5.74, 6) is -1.37. The fourth-order valence-corrected chi connectivity index (χ4v) is 5.35. The fourth-order valence-electron chi connectivity index (χ4n) is 3.58. The molecule has 0 aliphatic rings. The van der Waals surface area contributed by atoms with Crippen molar-refractivity contribution in [2.75, 3.05) is 5.32 Å². The molecule has 5 nitrogen and oxygen atoms in total. The maximum atomic E-state index is 14.1. The number of para-hydroxylation sites is 1. The standard InChI is InChI=1S/C24H20ClFN2O3S/c1-16-19(25)9-6-11-21(16)27-24(29)14-28-13-23(18-8-3-5-12-22(18)28)32(30,31)15-17-7-2-4-10-20(17)26/h2-13H,14-15H2,1H3,(H,27,29). The monoisotopic (exact) mass is 470 g/mol. The average Bonchev–Trinajstić information content (AvgIpc) is 3.12. The van der Waals surface area contributed by atoms with Crippen LogP contribution in [-0.4, -0.2) is 18.9 Å². The van der Waals surface area contributed by atoms with Crippen LogP contribution in [0.2, 0.25) is 5.02 Å². The van der Waals surface area contributed by atoms with E-state index in [4.69, 9.17) is 11.6 Å². The van der Waals surface area contributed by atoms with Crippen molar-refractivity contribution in [3.8, 4) is 0 Å². The zero-order chi connectivity index (χ0) is 22.9. The third-order valence-electron chi connectivity index (χ3n) is 5.25. The molecule has 0 atom stereocenters. The molecule has 1 N–H and O–H groups in total. The predicted octanol–water partition coefficient (Wildman–Crippen LogP) is 5.35. The van der Waals surface area contributed by atoms with Crippen LogP contribution < -0.4 is 5.32 Å². The molecule has 0 radical (unpaired) electrons. The lowest BCUT2D eigenvalue weighted by atomic mass is 10.2. The number of aromatic nitrogens is 1. The van der Waals surface area contributed by atoms with Gasteiger partial charge in [0.05, 0.1) is 10.6 Å². The van der Waals surface area contributed by atoms with Gasteiger partial charge in [-0.25, -0.2) is 12.8 Å². The number of hydrogen-bond donors (Lipinski definition) is 1. The van der Waals surface area contributed by atoms with Gasteiger partial charge in [-0.2, -0.15) is 0 Å². The van der Waals surface area contributed by atoms with Gasteiger partial charge in [0.15, 0.2) is 9.84 Å². The fraction of sp³-hybridized carbons (Fsp3) is 0.125. The Labute approximate surface area is 190 Å². The van der Waals surface area contributed by atoms with Gasteiger partial charge >= 0.3 is 0 Å². The van der Waals surface area contributed by atoms with Crippen molar-refractivity contribution < 1.29 is 17.6 Å². The number of nitrogens with zero attached hydrogens (tertiary/aromatic N) is 1. The molecule has 0 saturated heterocycles. The Bertz CT molecular complexity index is 1430. The van der Waals surface area contributed by atoms with Crippen molar-refractivity contribution in [2.45, 2.75) is 24.1 Å². The molecule has 1 heterocycles. The van der Waals surface area contributed by atoms with Crippen molar-refractivity contribution in [2.24, 2.45) is 0 Å². The van der Waals surface area contributed by atoms with Crippen LogP contribution >= 0.6 is 11.6 Å². The van der Waals surface area contributed by atoms with Crippen LogP contribution in [0.3, 0.4) is 0 Å². The lowest BCUT2D eigenvalue weighted by Gasteiger charge is -2.10. The second-order valence-corrected chi connectivity index (χ2v) is 9.81. The van der Waals surface area contributed by atoms with Gasteiger partial charge in [0.1, 0.15) is 12.4 Å². The first-order valence-corrected chi connectivity index (χ1v) is 11.9. The Kier molecular flexibility index (Phi) is 6.04. The normalized spacial score (nSPS) is 11.6. The molecule has 0 spiro atoms. The smallest absolute Gasteiger partial charge is 0.244 e. The van der Waals surface area contributed by atoms with Crippen LogP contribution in [-0.2, 0) is 26.9 Å². The number of halogens is 2. The molecule has 3 aromatic carbocycles. The zero-order valence-electron chi connectivity index (χ0n) is 17.2. The number of sulfone groups is 1. The highest BCUT2D eigenvalue weighted by Crippen LogP contribution is 2.29. The van der Waals surface area contributed by atoms with Crippen molar-refractivity contribution >= 4 is 43.9 Å². The minimum atomic E-state index is -3.86. The summed E-state index contributed by atoms with van der Waals surface area (Å²) in [5, 5.41) is 3.84. The molecule has 164 valence electrons. The summed E-state index contributed by atoms with van der Waals surface area (Å²) in [5.41, 5.74) is 2.02. The first-order chi connectivity index (χ1) is 15.3. The average molecular weight is 471 g/mol. The van der Waals surface area contributed by atoms with Crippen LogP contribution in [0.15, 0.2) is 77.8 Å². The number of carbonyl (C=O) groups is 1. The SMILES string of the molecule is Cc1c(Cl)cccc1NC(=O)Cn1cc(S(=O)(=O)Cc2ccccc2F)c2ccccc21. The lowest BCUT2D eigenvalue weighted by molar-refractivity contribution is -0.116. The molecule has 0 bridgehead atoms. The van der Waals surface area contributed by atoms with E-state index in [0.29, 0.717) is 21.6 Å². The number of hydrogen-bond acceptors (Lipinski definition) is 3. The molecule has 0 saturated carbocycles. The Balaban J connectivity index is 1.66. The summed E-state index contributed by atoms with van der Waals surface area (Å²) in [4.78, 5) is 12.8. The number of benzene rings is 3. The topological polar surface area (TPSA) is 68.2 Å². The Hall–Kier alpha value is -3.16. The van der Waals surface area contributed by atoms with E-state index in [2.05, 4.69) is 5.32 Å². The minimum Gasteiger partial charge on any atom is -0.337 e. The Morgan fingerprint density at radius 3 is 2.53 bits per heavy atom. The molecule has 4 aromatic rings. The molecular formula is C24H20ClFN2O3S. The highest BCUT2D eigenvalue weighted by Gasteiger charge is 2.23. The zero-order valence-corrected chi connectivity index (χ0v) is 18.8. The van der Waals surface area contributed by atoms with Crippen molar-refractivity contribution in [1.82, 2.24) is 4.57 Å². The maximum absolute atomic E-state index is 14.1. The van der Waals surface area contributed by atoms with E-state index in [0.717, 1.165) is 5.56 Å². The van der Waals surface area contributed by atoms with Crippen LogP contribution in [0.25, 0.3) is 10.9 Å². The van der Waals surface area contributed by atoms with E-state index in [1.807, 2.05) is 0 Å². The predicted molar refractivity (Wildman–Crippen MR) is 124 cm³/mol. The van der Waals surface area contributed by atoms with E-state index in [1.165, 1.54) is 24.4 Å². The van der Waals surface area contributed by atoms with Gasteiger partial charge in [0, 0.05) is 33.4 Å². The first kappa shape index (κ1) is 22.0. The molecule has 0 unspecified atom stereocenters. The van der Waals surface area contributed by atoms with Crippen LogP contribution in [0.4, 0.5) is 10.1 Å². The Morgan fingerprint density at radius 1 is 1.03 bits per heavy atom. The number of fused-ring (bicyclic) bond motifs is 1. The minimum absolute atomic E-state index is 0.0584. The Morgan fingerprint density at radius 2 is 1.75 bits per heavy atom. The summed E-state index contributed by atoms with van der Waals surface area (Å²) < 4.78 is 41.9. The van der Waals surface area contributed by atoms with Gasteiger partial charge in [-0.1, -0.05) is 54.1 Å². The molecule has 1 amide bonds. The highest BCUT2D eigenvalue weighted by molar-refractivity contribution is 7.90. The van der Waals surface area contributed by atoms with Crippen molar-refractivity contribution in [1.29, 1.82) is 0 Å². The van der Waals surface area contributed by atoms with Gasteiger partial charge in [0.25, 0.3) is 0 Å². The van der Waals surface area contributed by atoms with E-state index in [9.17, 15) is 17.6 Å². The third kappa shape index (κ3) is 4.40. The third-order valence-corrected chi connectivity index (χ3v) is 7.34. The number of nitrogens with one attached hydrogen (secondary N) is 1. The summed E-state index contributed by atoms with van der Waals surface area (Å²) in [6.45, 7) is 1.71. The summed E-state index contributed by atoms with van der Waals surface area (Å²) in [6.07, 6.45) is 1.44. The molecule has 0 aliphatic carbocycles. The van der Waals surface area contributed by atoms with E-state index in [1.54, 1.807) is 60.0 Å². The summed E-state index contributed by atoms with van der Waals surface area (Å²) in [6, 6.07) is 17.9. The maximum Gasteiger partial charge on any atom is 0.244 e. The number of amides is 1. The number of rotatable bonds is 6. The molecule has 0 aliphatic heterocycles. The van der Waals surface area contributed by atoms with Gasteiger partial charge in [-0.05, 0) is 36.8 Å².